The molecule has 0 aliphatic heterocycles. The van der Waals surface area contributed by atoms with Crippen LogP contribution < -0.4 is 5.32 Å². The molecule has 1 amide bonds. The van der Waals surface area contributed by atoms with Crippen LogP contribution in [0.4, 0.5) is 4.39 Å². The molecule has 0 spiro atoms. The zero-order valence-corrected chi connectivity index (χ0v) is 11.8. The Labute approximate surface area is 124 Å². The molecule has 0 saturated carbocycles. The highest BCUT2D eigenvalue weighted by atomic mass is 35.5. The zero-order chi connectivity index (χ0) is 16.0. The average molecular weight is 318 g/mol. The molecule has 2 N–H and O–H groups in total. The highest BCUT2D eigenvalue weighted by Gasteiger charge is 2.23. The summed E-state index contributed by atoms with van der Waals surface area (Å²) in [6.07, 6.45) is -0.294. The Morgan fingerprint density at radius 1 is 1.43 bits per heavy atom. The molecule has 0 fully saturated rings. The van der Waals surface area contributed by atoms with E-state index in [1.807, 2.05) is 0 Å². The van der Waals surface area contributed by atoms with Crippen molar-refractivity contribution in [3.05, 3.63) is 34.6 Å². The third kappa shape index (κ3) is 5.03. The van der Waals surface area contributed by atoms with Crippen molar-refractivity contribution in [2.75, 3.05) is 7.11 Å². The highest BCUT2D eigenvalue weighted by Crippen LogP contribution is 2.17. The quantitative estimate of drug-likeness (QED) is 0.778. The summed E-state index contributed by atoms with van der Waals surface area (Å²) in [6.45, 7) is 0. The van der Waals surface area contributed by atoms with E-state index in [4.69, 9.17) is 16.7 Å². The van der Waals surface area contributed by atoms with Gasteiger partial charge in [0.15, 0.2) is 0 Å². The largest absolute Gasteiger partial charge is 0.480 e. The molecule has 0 aliphatic carbocycles. The van der Waals surface area contributed by atoms with Gasteiger partial charge in [0.05, 0.1) is 17.7 Å². The first-order valence-electron chi connectivity index (χ1n) is 5.90. The summed E-state index contributed by atoms with van der Waals surface area (Å²) in [6, 6.07) is 1.84. The van der Waals surface area contributed by atoms with Crippen LogP contribution in [-0.4, -0.2) is 36.1 Å². The van der Waals surface area contributed by atoms with Crippen molar-refractivity contribution < 1.29 is 28.6 Å². The normalized spacial score (nSPS) is 11.6. The summed E-state index contributed by atoms with van der Waals surface area (Å²) in [5.41, 5.74) is -0.0533. The van der Waals surface area contributed by atoms with E-state index < -0.39 is 29.7 Å². The molecule has 21 heavy (non-hydrogen) atoms. The predicted molar refractivity (Wildman–Crippen MR) is 71.6 cm³/mol. The Morgan fingerprint density at radius 3 is 2.62 bits per heavy atom. The summed E-state index contributed by atoms with van der Waals surface area (Å²) < 4.78 is 17.3. The summed E-state index contributed by atoms with van der Waals surface area (Å²) in [5.74, 6) is -3.27. The lowest BCUT2D eigenvalue weighted by molar-refractivity contribution is -0.142. The van der Waals surface area contributed by atoms with Crippen LogP contribution >= 0.6 is 11.6 Å². The van der Waals surface area contributed by atoms with Crippen LogP contribution in [0.15, 0.2) is 18.2 Å². The number of ether oxygens (including phenoxy) is 1. The molecule has 0 aliphatic rings. The number of benzene rings is 1. The molecule has 0 radical (unpaired) electrons. The number of carboxylic acids is 1. The van der Waals surface area contributed by atoms with E-state index in [9.17, 15) is 18.8 Å². The standard InChI is InChI=1S/C13H13ClFNO5/c1-21-11(17)5-4-10(13(19)20)16-12(18)8-3-2-7(15)6-9(8)14/h2-3,6,10H,4-5H2,1H3,(H,16,18)(H,19,20)/t10-/m0/s1. The fourth-order valence-corrected chi connectivity index (χ4v) is 1.78. The number of aliphatic carboxylic acids is 1. The first kappa shape index (κ1) is 16.9. The van der Waals surface area contributed by atoms with Gasteiger partial charge in [-0.25, -0.2) is 9.18 Å². The second kappa shape index (κ2) is 7.58. The second-order valence-corrected chi connectivity index (χ2v) is 4.51. The molecular weight excluding hydrogens is 305 g/mol. The van der Waals surface area contributed by atoms with Gasteiger partial charge in [0.25, 0.3) is 5.91 Å². The monoisotopic (exact) mass is 317 g/mol. The lowest BCUT2D eigenvalue weighted by Crippen LogP contribution is -2.41. The first-order chi connectivity index (χ1) is 9.85. The number of rotatable bonds is 6. The van der Waals surface area contributed by atoms with Gasteiger partial charge in [0.1, 0.15) is 11.9 Å². The van der Waals surface area contributed by atoms with E-state index in [0.717, 1.165) is 18.2 Å². The number of hydrogen-bond donors (Lipinski definition) is 2. The van der Waals surface area contributed by atoms with Crippen LogP contribution in [-0.2, 0) is 14.3 Å². The van der Waals surface area contributed by atoms with Crippen LogP contribution in [0.3, 0.4) is 0 Å². The van der Waals surface area contributed by atoms with Gasteiger partial charge in [-0.05, 0) is 24.6 Å². The minimum Gasteiger partial charge on any atom is -0.480 e. The molecule has 0 bridgehead atoms. The third-order valence-electron chi connectivity index (χ3n) is 2.64. The van der Waals surface area contributed by atoms with E-state index in [0.29, 0.717) is 0 Å². The molecule has 8 heteroatoms. The number of carbonyl (C=O) groups excluding carboxylic acids is 2. The van der Waals surface area contributed by atoms with Gasteiger partial charge in [-0.2, -0.15) is 0 Å². The zero-order valence-electron chi connectivity index (χ0n) is 11.1. The maximum atomic E-state index is 12.9. The molecule has 0 heterocycles. The molecule has 114 valence electrons. The van der Waals surface area contributed by atoms with E-state index in [1.165, 1.54) is 7.11 Å². The second-order valence-electron chi connectivity index (χ2n) is 4.10. The van der Waals surface area contributed by atoms with E-state index >= 15 is 0 Å². The van der Waals surface area contributed by atoms with Gasteiger partial charge in [-0.1, -0.05) is 11.6 Å². The lowest BCUT2D eigenvalue weighted by atomic mass is 10.1. The van der Waals surface area contributed by atoms with Crippen molar-refractivity contribution in [1.82, 2.24) is 5.32 Å². The van der Waals surface area contributed by atoms with Crippen LogP contribution in [0.1, 0.15) is 23.2 Å². The average Bonchev–Trinajstić information content (AvgIpc) is 2.42. The molecule has 1 aromatic rings. The van der Waals surface area contributed by atoms with Gasteiger partial charge in [-0.3, -0.25) is 9.59 Å². The van der Waals surface area contributed by atoms with Gasteiger partial charge in [-0.15, -0.1) is 0 Å². The van der Waals surface area contributed by atoms with Crippen LogP contribution in [0.5, 0.6) is 0 Å². The van der Waals surface area contributed by atoms with Crippen molar-refractivity contribution in [2.24, 2.45) is 0 Å². The van der Waals surface area contributed by atoms with Gasteiger partial charge >= 0.3 is 11.9 Å². The number of carboxylic acid groups (broad SMARTS) is 1. The summed E-state index contributed by atoms with van der Waals surface area (Å²) in [4.78, 5) is 34.0. The van der Waals surface area contributed by atoms with Crippen LogP contribution in [0.2, 0.25) is 5.02 Å². The van der Waals surface area contributed by atoms with Crippen molar-refractivity contribution in [2.45, 2.75) is 18.9 Å². The van der Waals surface area contributed by atoms with Crippen molar-refractivity contribution in [3.8, 4) is 0 Å². The molecular formula is C13H13ClFNO5. The van der Waals surface area contributed by atoms with E-state index in [1.54, 1.807) is 0 Å². The van der Waals surface area contributed by atoms with Crippen molar-refractivity contribution in [3.63, 3.8) is 0 Å². The van der Waals surface area contributed by atoms with Gasteiger partial charge < -0.3 is 15.2 Å². The maximum absolute atomic E-state index is 12.9. The van der Waals surface area contributed by atoms with E-state index in [-0.39, 0.29) is 23.4 Å². The van der Waals surface area contributed by atoms with Gasteiger partial charge in [0.2, 0.25) is 0 Å². The fourth-order valence-electron chi connectivity index (χ4n) is 1.53. The number of methoxy groups -OCH3 is 1. The first-order valence-corrected chi connectivity index (χ1v) is 6.28. The Bertz CT molecular complexity index is 563. The Kier molecular flexibility index (Phi) is 6.10. The SMILES string of the molecule is COC(=O)CC[C@H](NC(=O)c1ccc(F)cc1Cl)C(=O)O. The topological polar surface area (TPSA) is 92.7 Å². The molecule has 0 aromatic heterocycles. The Morgan fingerprint density at radius 2 is 2.10 bits per heavy atom. The number of hydrogen-bond acceptors (Lipinski definition) is 4. The molecule has 1 atom stereocenters. The lowest BCUT2D eigenvalue weighted by Gasteiger charge is -2.14. The van der Waals surface area contributed by atoms with Crippen LogP contribution in [0.25, 0.3) is 0 Å². The van der Waals surface area contributed by atoms with Crippen molar-refractivity contribution >= 4 is 29.4 Å². The summed E-state index contributed by atoms with van der Waals surface area (Å²) >= 11 is 5.72. The number of nitrogens with one attached hydrogen (secondary N) is 1. The summed E-state index contributed by atoms with van der Waals surface area (Å²) in [5, 5.41) is 11.1. The Balaban J connectivity index is 2.76. The third-order valence-corrected chi connectivity index (χ3v) is 2.96. The molecule has 0 saturated heterocycles. The minimum atomic E-state index is -1.30. The fraction of sp³-hybridized carbons (Fsp3) is 0.308. The van der Waals surface area contributed by atoms with E-state index in [2.05, 4.69) is 10.1 Å². The highest BCUT2D eigenvalue weighted by molar-refractivity contribution is 6.33. The number of esters is 1. The maximum Gasteiger partial charge on any atom is 0.326 e. The van der Waals surface area contributed by atoms with Gasteiger partial charge in [0, 0.05) is 6.42 Å². The molecule has 1 aromatic carbocycles. The number of halogens is 2. The number of carbonyl (C=O) groups is 3. The predicted octanol–water partition coefficient (Wildman–Crippen LogP) is 1.62. The van der Waals surface area contributed by atoms with Crippen molar-refractivity contribution in [1.29, 1.82) is 0 Å². The van der Waals surface area contributed by atoms with Crippen LogP contribution in [0, 0.1) is 5.82 Å². The molecule has 1 rings (SSSR count). The smallest absolute Gasteiger partial charge is 0.326 e. The number of amides is 1. The molecule has 0 unspecified atom stereocenters. The Hall–Kier alpha value is -2.15. The molecule has 6 nitrogen and oxygen atoms in total. The minimum absolute atomic E-state index is 0.0533. The summed E-state index contributed by atoms with van der Waals surface area (Å²) in [7, 11) is 1.18.